The predicted octanol–water partition coefficient (Wildman–Crippen LogP) is 4.58. The lowest BCUT2D eigenvalue weighted by Gasteiger charge is -2.38. The largest absolute Gasteiger partial charge is 0.366 e. The van der Waals surface area contributed by atoms with Crippen LogP contribution in [0, 0.1) is 11.8 Å². The van der Waals surface area contributed by atoms with E-state index in [9.17, 15) is 4.79 Å². The average Bonchev–Trinajstić information content (AvgIpc) is 2.78. The molecule has 2 unspecified atom stereocenters. The van der Waals surface area contributed by atoms with Gasteiger partial charge in [-0.05, 0) is 29.8 Å². The highest BCUT2D eigenvalue weighted by Gasteiger charge is 2.38. The lowest BCUT2D eigenvalue weighted by atomic mass is 9.76. The summed E-state index contributed by atoms with van der Waals surface area (Å²) in [6.07, 6.45) is 1.89. The van der Waals surface area contributed by atoms with Gasteiger partial charge in [-0.25, -0.2) is 0 Å². The molecule has 3 aromatic rings. The van der Waals surface area contributed by atoms with Crippen LogP contribution in [0.2, 0.25) is 0 Å². The monoisotopic (exact) mass is 378 g/mol. The highest BCUT2D eigenvalue weighted by Crippen LogP contribution is 2.40. The molecule has 142 valence electrons. The van der Waals surface area contributed by atoms with Crippen LogP contribution in [0.3, 0.4) is 0 Å². The van der Waals surface area contributed by atoms with E-state index in [1.807, 2.05) is 78.9 Å². The van der Waals surface area contributed by atoms with Gasteiger partial charge in [-0.3, -0.25) is 4.79 Å². The number of nitrogens with two attached hydrogens (primary N) is 1. The zero-order valence-electron chi connectivity index (χ0n) is 16.2. The van der Waals surface area contributed by atoms with Crippen molar-refractivity contribution in [2.75, 3.05) is 5.32 Å². The maximum atomic E-state index is 12.3. The third kappa shape index (κ3) is 3.66. The van der Waals surface area contributed by atoms with Crippen molar-refractivity contribution in [3.05, 3.63) is 108 Å². The van der Waals surface area contributed by atoms with E-state index >= 15 is 0 Å². The number of anilines is 1. The van der Waals surface area contributed by atoms with Crippen molar-refractivity contribution in [1.82, 2.24) is 0 Å². The fourth-order valence-corrected chi connectivity index (χ4v) is 3.71. The van der Waals surface area contributed by atoms with Gasteiger partial charge >= 0.3 is 0 Å². The zero-order valence-corrected chi connectivity index (χ0v) is 16.2. The number of hydrogen-bond donors (Lipinski definition) is 2. The Morgan fingerprint density at radius 2 is 1.55 bits per heavy atom. The second-order valence-electron chi connectivity index (χ2n) is 7.21. The van der Waals surface area contributed by atoms with Gasteiger partial charge in [0.2, 0.25) is 5.91 Å². The van der Waals surface area contributed by atoms with Crippen molar-refractivity contribution in [2.45, 2.75) is 18.4 Å². The lowest BCUT2D eigenvalue weighted by molar-refractivity contribution is -0.112. The van der Waals surface area contributed by atoms with E-state index in [1.165, 1.54) is 0 Å². The summed E-state index contributed by atoms with van der Waals surface area (Å²) in [4.78, 5) is 12.3. The third-order valence-corrected chi connectivity index (χ3v) is 5.37. The molecule has 1 heterocycles. The van der Waals surface area contributed by atoms with E-state index in [0.29, 0.717) is 5.57 Å². The Hall–Kier alpha value is -3.77. The number of fused-ring (bicyclic) bond motifs is 1. The Morgan fingerprint density at radius 3 is 2.24 bits per heavy atom. The van der Waals surface area contributed by atoms with E-state index in [2.05, 4.69) is 36.2 Å². The van der Waals surface area contributed by atoms with Gasteiger partial charge in [0.25, 0.3) is 0 Å². The normalized spacial score (nSPS) is 18.3. The van der Waals surface area contributed by atoms with Gasteiger partial charge in [0, 0.05) is 28.3 Å². The summed E-state index contributed by atoms with van der Waals surface area (Å²) in [5.74, 6) is 6.24. The first-order chi connectivity index (χ1) is 14.1. The molecule has 1 aliphatic rings. The number of amides is 1. The van der Waals surface area contributed by atoms with Crippen molar-refractivity contribution >= 4 is 17.2 Å². The molecule has 3 N–H and O–H groups in total. The predicted molar refractivity (Wildman–Crippen MR) is 118 cm³/mol. The highest BCUT2D eigenvalue weighted by atomic mass is 16.1. The van der Waals surface area contributed by atoms with Crippen LogP contribution >= 0.6 is 0 Å². The molecule has 3 nitrogen and oxygen atoms in total. The molecule has 4 rings (SSSR count). The third-order valence-electron chi connectivity index (χ3n) is 5.37. The number of nitrogens with one attached hydrogen (secondary N) is 1. The Morgan fingerprint density at radius 1 is 0.931 bits per heavy atom. The summed E-state index contributed by atoms with van der Waals surface area (Å²) >= 11 is 0. The SMILES string of the molecule is CC(c1ccccc1)C1(C#Cc2ccccc2)C=C(C(N)=O)c2ccccc2N1. The molecule has 0 fully saturated rings. The van der Waals surface area contributed by atoms with Gasteiger partial charge in [-0.2, -0.15) is 0 Å². The Kier molecular flexibility index (Phi) is 4.93. The molecule has 0 bridgehead atoms. The molecular weight excluding hydrogens is 356 g/mol. The average molecular weight is 378 g/mol. The standard InChI is InChI=1S/C26H22N2O/c1-19(21-12-6-3-7-13-21)26(17-16-20-10-4-2-5-11-20)18-23(25(27)29)22-14-8-9-15-24(22)28-26/h2-15,18-19,28H,1H3,(H2,27,29). The molecule has 3 aromatic carbocycles. The smallest absolute Gasteiger partial charge is 0.249 e. The molecule has 29 heavy (non-hydrogen) atoms. The van der Waals surface area contributed by atoms with Crippen molar-refractivity contribution in [3.8, 4) is 11.8 Å². The molecule has 0 aromatic heterocycles. The van der Waals surface area contributed by atoms with E-state index in [0.717, 1.165) is 22.4 Å². The highest BCUT2D eigenvalue weighted by molar-refractivity contribution is 6.21. The van der Waals surface area contributed by atoms with E-state index in [1.54, 1.807) is 0 Å². The van der Waals surface area contributed by atoms with Crippen molar-refractivity contribution in [1.29, 1.82) is 0 Å². The quantitative estimate of drug-likeness (QED) is 0.656. The van der Waals surface area contributed by atoms with Crippen LogP contribution in [-0.2, 0) is 4.79 Å². The van der Waals surface area contributed by atoms with Crippen LogP contribution in [0.5, 0.6) is 0 Å². The maximum Gasteiger partial charge on any atom is 0.249 e. The number of primary amides is 1. The van der Waals surface area contributed by atoms with Crippen LogP contribution in [0.1, 0.15) is 29.5 Å². The molecule has 0 radical (unpaired) electrons. The van der Waals surface area contributed by atoms with Crippen molar-refractivity contribution in [3.63, 3.8) is 0 Å². The lowest BCUT2D eigenvalue weighted by Crippen LogP contribution is -2.43. The molecule has 0 aliphatic carbocycles. The molecule has 1 amide bonds. The first-order valence-electron chi connectivity index (χ1n) is 9.62. The van der Waals surface area contributed by atoms with Gasteiger partial charge in [-0.15, -0.1) is 0 Å². The number of carbonyl (C=O) groups is 1. The fourth-order valence-electron chi connectivity index (χ4n) is 3.71. The summed E-state index contributed by atoms with van der Waals surface area (Å²) in [5, 5.41) is 3.61. The van der Waals surface area contributed by atoms with E-state index < -0.39 is 11.4 Å². The van der Waals surface area contributed by atoms with Gasteiger partial charge in [0.15, 0.2) is 0 Å². The van der Waals surface area contributed by atoms with Crippen LogP contribution in [0.25, 0.3) is 5.57 Å². The second kappa shape index (κ2) is 7.69. The van der Waals surface area contributed by atoms with Gasteiger partial charge < -0.3 is 11.1 Å². The number of carbonyl (C=O) groups excluding carboxylic acids is 1. The minimum absolute atomic E-state index is 0.0254. The molecule has 0 saturated carbocycles. The summed E-state index contributed by atoms with van der Waals surface area (Å²) in [6, 6.07) is 27.7. The molecule has 1 aliphatic heterocycles. The van der Waals surface area contributed by atoms with Crippen LogP contribution in [0.15, 0.2) is 91.0 Å². The number of hydrogen-bond acceptors (Lipinski definition) is 2. The first kappa shape index (κ1) is 18.6. The van der Waals surface area contributed by atoms with E-state index in [4.69, 9.17) is 5.73 Å². The molecule has 0 saturated heterocycles. The summed E-state index contributed by atoms with van der Waals surface area (Å²) < 4.78 is 0. The Balaban J connectivity index is 1.91. The van der Waals surface area contributed by atoms with Gasteiger partial charge in [0.1, 0.15) is 5.54 Å². The van der Waals surface area contributed by atoms with Crippen LogP contribution in [0.4, 0.5) is 5.69 Å². The van der Waals surface area contributed by atoms with Gasteiger partial charge in [-0.1, -0.05) is 85.5 Å². The molecule has 0 spiro atoms. The van der Waals surface area contributed by atoms with Crippen molar-refractivity contribution < 1.29 is 4.79 Å². The number of para-hydroxylation sites is 1. The summed E-state index contributed by atoms with van der Waals surface area (Å²) in [5.41, 5.74) is 9.18. The Bertz CT molecular complexity index is 1120. The molecular formula is C26H22N2O. The van der Waals surface area contributed by atoms with E-state index in [-0.39, 0.29) is 5.92 Å². The first-order valence-corrected chi connectivity index (χ1v) is 9.62. The molecule has 2 atom stereocenters. The van der Waals surface area contributed by atoms with Crippen LogP contribution in [-0.4, -0.2) is 11.4 Å². The number of benzene rings is 3. The number of rotatable bonds is 3. The fraction of sp³-hybridized carbons (Fsp3) is 0.115. The van der Waals surface area contributed by atoms with Gasteiger partial charge in [0.05, 0.1) is 0 Å². The second-order valence-corrected chi connectivity index (χ2v) is 7.21. The summed E-state index contributed by atoms with van der Waals surface area (Å²) in [7, 11) is 0. The molecule has 3 heteroatoms. The van der Waals surface area contributed by atoms with Crippen molar-refractivity contribution in [2.24, 2.45) is 5.73 Å². The minimum Gasteiger partial charge on any atom is -0.366 e. The zero-order chi connectivity index (χ0) is 20.3. The topological polar surface area (TPSA) is 55.1 Å². The minimum atomic E-state index is -0.782. The van der Waals surface area contributed by atoms with Crippen LogP contribution < -0.4 is 11.1 Å². The maximum absolute atomic E-state index is 12.3. The Labute approximate surface area is 171 Å². The summed E-state index contributed by atoms with van der Waals surface area (Å²) in [6.45, 7) is 2.12.